The highest BCUT2D eigenvalue weighted by molar-refractivity contribution is 5.85. The van der Waals surface area contributed by atoms with Crippen molar-refractivity contribution in [2.75, 3.05) is 30.1 Å². The van der Waals surface area contributed by atoms with Gasteiger partial charge in [0.2, 0.25) is 0 Å². The molecule has 0 unspecified atom stereocenters. The predicted octanol–water partition coefficient (Wildman–Crippen LogP) is 3.12. The third kappa shape index (κ3) is 2.37. The molecule has 3 heteroatoms. The van der Waals surface area contributed by atoms with E-state index in [2.05, 4.69) is 48.0 Å². The number of rotatable bonds is 3. The van der Waals surface area contributed by atoms with Crippen molar-refractivity contribution in [2.24, 2.45) is 0 Å². The third-order valence-corrected chi connectivity index (χ3v) is 2.80. The number of hydrogen-bond donors (Lipinski definition) is 0. The van der Waals surface area contributed by atoms with E-state index in [1.54, 1.807) is 0 Å². The van der Waals surface area contributed by atoms with E-state index in [4.69, 9.17) is 0 Å². The summed E-state index contributed by atoms with van der Waals surface area (Å²) < 4.78 is 0. The van der Waals surface area contributed by atoms with Crippen LogP contribution in [0.25, 0.3) is 0 Å². The Kier molecular flexibility index (Phi) is 4.28. The van der Waals surface area contributed by atoms with Crippen LogP contribution in [0, 0.1) is 0 Å². The van der Waals surface area contributed by atoms with E-state index in [0.717, 1.165) is 6.67 Å². The number of nitrogens with zero attached hydrogens (tertiary/aromatic N) is 2. The molecule has 84 valence electrons. The molecule has 0 aliphatic carbocycles. The van der Waals surface area contributed by atoms with E-state index in [9.17, 15) is 0 Å². The number of benzene rings is 1. The molecular weight excluding hydrogens is 208 g/mol. The number of para-hydroxylation sites is 2. The van der Waals surface area contributed by atoms with E-state index in [1.165, 1.54) is 30.8 Å². The first-order valence-electron chi connectivity index (χ1n) is 5.38. The number of fused-ring (bicyclic) bond motifs is 1. The monoisotopic (exact) mass is 226 g/mol. The van der Waals surface area contributed by atoms with E-state index in [0.29, 0.717) is 0 Å². The lowest BCUT2D eigenvalue weighted by molar-refractivity contribution is 0.730. The van der Waals surface area contributed by atoms with Crippen LogP contribution in [0.3, 0.4) is 0 Å². The molecule has 0 spiro atoms. The van der Waals surface area contributed by atoms with Gasteiger partial charge in [0.15, 0.2) is 0 Å². The minimum absolute atomic E-state index is 0. The van der Waals surface area contributed by atoms with E-state index in [1.807, 2.05) is 0 Å². The average Bonchev–Trinajstić information content (AvgIpc) is 2.54. The van der Waals surface area contributed by atoms with Crippen LogP contribution in [0.4, 0.5) is 11.4 Å². The van der Waals surface area contributed by atoms with Crippen LogP contribution in [0.1, 0.15) is 19.8 Å². The normalized spacial score (nSPS) is 13.7. The lowest BCUT2D eigenvalue weighted by Gasteiger charge is -2.18. The van der Waals surface area contributed by atoms with Crippen molar-refractivity contribution in [3.8, 4) is 0 Å². The molecule has 1 aliphatic heterocycles. The molecule has 0 amide bonds. The summed E-state index contributed by atoms with van der Waals surface area (Å²) in [7, 11) is 2.16. The number of hydrogen-bond acceptors (Lipinski definition) is 2. The highest BCUT2D eigenvalue weighted by Crippen LogP contribution is 2.34. The van der Waals surface area contributed by atoms with Gasteiger partial charge in [0.05, 0.1) is 18.0 Å². The van der Waals surface area contributed by atoms with Gasteiger partial charge in [-0.05, 0) is 18.6 Å². The maximum atomic E-state index is 2.46. The number of unbranched alkanes of at least 4 members (excludes halogenated alkanes) is 1. The van der Waals surface area contributed by atoms with Crippen molar-refractivity contribution in [3.05, 3.63) is 24.3 Å². The topological polar surface area (TPSA) is 6.48 Å². The summed E-state index contributed by atoms with van der Waals surface area (Å²) >= 11 is 0. The summed E-state index contributed by atoms with van der Waals surface area (Å²) in [5.41, 5.74) is 2.76. The van der Waals surface area contributed by atoms with Crippen LogP contribution in [-0.2, 0) is 0 Å². The van der Waals surface area contributed by atoms with Gasteiger partial charge in [-0.2, -0.15) is 0 Å². The molecule has 0 aromatic heterocycles. The molecular formula is C12H19ClN2. The molecule has 0 saturated carbocycles. The van der Waals surface area contributed by atoms with Crippen molar-refractivity contribution >= 4 is 23.8 Å². The molecule has 0 fully saturated rings. The molecule has 0 bridgehead atoms. The zero-order valence-electron chi connectivity index (χ0n) is 9.44. The molecule has 1 aromatic rings. The summed E-state index contributed by atoms with van der Waals surface area (Å²) in [6.07, 6.45) is 2.55. The summed E-state index contributed by atoms with van der Waals surface area (Å²) in [5, 5.41) is 0. The largest absolute Gasteiger partial charge is 0.355 e. The SMILES string of the molecule is CCCCN1CN(C)c2ccccc21.Cl. The van der Waals surface area contributed by atoms with Crippen LogP contribution < -0.4 is 9.80 Å². The number of anilines is 2. The average molecular weight is 227 g/mol. The van der Waals surface area contributed by atoms with Crippen LogP contribution in [0.15, 0.2) is 24.3 Å². The maximum absolute atomic E-state index is 2.46. The van der Waals surface area contributed by atoms with E-state index in [-0.39, 0.29) is 12.4 Å². The minimum atomic E-state index is 0. The van der Waals surface area contributed by atoms with Gasteiger partial charge in [0.25, 0.3) is 0 Å². The molecule has 1 heterocycles. The van der Waals surface area contributed by atoms with Crippen molar-refractivity contribution < 1.29 is 0 Å². The van der Waals surface area contributed by atoms with Crippen LogP contribution in [-0.4, -0.2) is 20.3 Å². The standard InChI is InChI=1S/C12H18N2.ClH/c1-3-4-9-14-10-13(2)11-7-5-6-8-12(11)14;/h5-8H,3-4,9-10H2,1-2H3;1H. The second kappa shape index (κ2) is 5.26. The van der Waals surface area contributed by atoms with Gasteiger partial charge in [-0.3, -0.25) is 0 Å². The van der Waals surface area contributed by atoms with Crippen molar-refractivity contribution in [2.45, 2.75) is 19.8 Å². The fraction of sp³-hybridized carbons (Fsp3) is 0.500. The molecule has 0 N–H and O–H groups in total. The first-order chi connectivity index (χ1) is 6.83. The lowest BCUT2D eigenvalue weighted by Crippen LogP contribution is -2.28. The smallest absolute Gasteiger partial charge is 0.0901 e. The Labute approximate surface area is 98.3 Å². The quantitative estimate of drug-likeness (QED) is 0.782. The predicted molar refractivity (Wildman–Crippen MR) is 69.2 cm³/mol. The van der Waals surface area contributed by atoms with Crippen molar-refractivity contribution in [1.82, 2.24) is 0 Å². The molecule has 15 heavy (non-hydrogen) atoms. The summed E-state index contributed by atoms with van der Waals surface area (Å²) in [6, 6.07) is 8.64. The van der Waals surface area contributed by atoms with Crippen LogP contribution >= 0.6 is 12.4 Å². The van der Waals surface area contributed by atoms with Gasteiger partial charge in [-0.15, -0.1) is 12.4 Å². The van der Waals surface area contributed by atoms with Gasteiger partial charge >= 0.3 is 0 Å². The van der Waals surface area contributed by atoms with E-state index >= 15 is 0 Å². The highest BCUT2D eigenvalue weighted by Gasteiger charge is 2.21. The second-order valence-electron chi connectivity index (χ2n) is 3.95. The summed E-state index contributed by atoms with van der Waals surface area (Å²) in [5.74, 6) is 0. The molecule has 0 radical (unpaired) electrons. The maximum Gasteiger partial charge on any atom is 0.0901 e. The fourth-order valence-corrected chi connectivity index (χ4v) is 2.00. The number of halogens is 1. The Hall–Kier alpha value is -0.890. The first kappa shape index (κ1) is 12.2. The molecule has 1 aliphatic rings. The minimum Gasteiger partial charge on any atom is -0.355 e. The Bertz CT molecular complexity index is 314. The zero-order valence-corrected chi connectivity index (χ0v) is 10.3. The van der Waals surface area contributed by atoms with Gasteiger partial charge in [-0.25, -0.2) is 0 Å². The van der Waals surface area contributed by atoms with Gasteiger partial charge < -0.3 is 9.80 Å². The summed E-state index contributed by atoms with van der Waals surface area (Å²) in [6.45, 7) is 4.46. The second-order valence-corrected chi connectivity index (χ2v) is 3.95. The molecule has 1 aromatic carbocycles. The zero-order chi connectivity index (χ0) is 9.97. The van der Waals surface area contributed by atoms with Crippen molar-refractivity contribution in [1.29, 1.82) is 0 Å². The highest BCUT2D eigenvalue weighted by atomic mass is 35.5. The van der Waals surface area contributed by atoms with E-state index < -0.39 is 0 Å². The van der Waals surface area contributed by atoms with Crippen LogP contribution in [0.5, 0.6) is 0 Å². The van der Waals surface area contributed by atoms with Crippen LogP contribution in [0.2, 0.25) is 0 Å². The molecule has 2 nitrogen and oxygen atoms in total. The Morgan fingerprint density at radius 1 is 1.20 bits per heavy atom. The van der Waals surface area contributed by atoms with Gasteiger partial charge in [0, 0.05) is 13.6 Å². The third-order valence-electron chi connectivity index (χ3n) is 2.80. The first-order valence-corrected chi connectivity index (χ1v) is 5.38. The molecule has 0 saturated heterocycles. The summed E-state index contributed by atoms with van der Waals surface area (Å²) in [4.78, 5) is 4.77. The Morgan fingerprint density at radius 3 is 2.53 bits per heavy atom. The fourth-order valence-electron chi connectivity index (χ4n) is 2.00. The molecule has 2 rings (SSSR count). The Balaban J connectivity index is 0.00000112. The molecule has 0 atom stereocenters. The van der Waals surface area contributed by atoms with Gasteiger partial charge in [0.1, 0.15) is 0 Å². The van der Waals surface area contributed by atoms with Crippen molar-refractivity contribution in [3.63, 3.8) is 0 Å². The van der Waals surface area contributed by atoms with Gasteiger partial charge in [-0.1, -0.05) is 25.5 Å². The lowest BCUT2D eigenvalue weighted by atomic mass is 10.2. The Morgan fingerprint density at radius 2 is 1.87 bits per heavy atom.